The highest BCUT2D eigenvalue weighted by Gasteiger charge is 2.34. The third-order valence-corrected chi connectivity index (χ3v) is 4.23. The maximum atomic E-state index is 13.0. The lowest BCUT2D eigenvalue weighted by atomic mass is 10.1. The van der Waals surface area contributed by atoms with E-state index in [-0.39, 0.29) is 35.7 Å². The second-order valence-corrected chi connectivity index (χ2v) is 6.42. The van der Waals surface area contributed by atoms with E-state index in [1.165, 1.54) is 17.0 Å². The highest BCUT2D eigenvalue weighted by molar-refractivity contribution is 14.0. The molecule has 0 bridgehead atoms. The summed E-state index contributed by atoms with van der Waals surface area (Å²) in [7, 11) is 3.53. The number of alkyl halides is 3. The lowest BCUT2D eigenvalue weighted by molar-refractivity contribution is -0.143. The summed E-state index contributed by atoms with van der Waals surface area (Å²) in [5.41, 5.74) is 0.948. The summed E-state index contributed by atoms with van der Waals surface area (Å²) < 4.78 is 50.3. The average Bonchev–Trinajstić information content (AvgIpc) is 2.95. The molecule has 26 heavy (non-hydrogen) atoms. The van der Waals surface area contributed by atoms with Crippen molar-refractivity contribution in [1.82, 2.24) is 15.1 Å². The highest BCUT2D eigenvalue weighted by Crippen LogP contribution is 2.22. The first-order valence-corrected chi connectivity index (χ1v) is 8.22. The van der Waals surface area contributed by atoms with E-state index >= 15 is 0 Å². The zero-order valence-corrected chi connectivity index (χ0v) is 17.2. The number of nitrogens with one attached hydrogen (secondary N) is 1. The van der Waals surface area contributed by atoms with Gasteiger partial charge in [0.2, 0.25) is 0 Å². The lowest BCUT2D eigenvalue weighted by Crippen LogP contribution is -2.41. The van der Waals surface area contributed by atoms with Crippen LogP contribution in [0.2, 0.25) is 0 Å². The fourth-order valence-corrected chi connectivity index (χ4v) is 3.04. The maximum Gasteiger partial charge on any atom is 0.401 e. The van der Waals surface area contributed by atoms with E-state index in [1.54, 1.807) is 19.2 Å². The van der Waals surface area contributed by atoms with Gasteiger partial charge in [0.05, 0.1) is 6.54 Å². The molecule has 1 unspecified atom stereocenters. The molecule has 1 fully saturated rings. The summed E-state index contributed by atoms with van der Waals surface area (Å²) in [5, 5.41) is 3.22. The second kappa shape index (κ2) is 10.3. The molecule has 4 nitrogen and oxygen atoms in total. The summed E-state index contributed by atoms with van der Waals surface area (Å²) in [6.07, 6.45) is -3.41. The van der Waals surface area contributed by atoms with Gasteiger partial charge in [0.25, 0.3) is 0 Å². The van der Waals surface area contributed by atoms with E-state index in [0.717, 1.165) is 12.0 Å². The molecule has 1 saturated heterocycles. The summed E-state index contributed by atoms with van der Waals surface area (Å²) in [6, 6.07) is 6.25. The molecular weight excluding hydrogens is 463 g/mol. The largest absolute Gasteiger partial charge is 0.401 e. The van der Waals surface area contributed by atoms with Crippen LogP contribution < -0.4 is 5.32 Å². The van der Waals surface area contributed by atoms with Crippen molar-refractivity contribution >= 4 is 29.9 Å². The number of rotatable bonds is 5. The summed E-state index contributed by atoms with van der Waals surface area (Å²) in [4.78, 5) is 7.55. The molecule has 0 aliphatic carbocycles. The Morgan fingerprint density at radius 3 is 2.54 bits per heavy atom. The maximum absolute atomic E-state index is 13.0. The van der Waals surface area contributed by atoms with Crippen LogP contribution in [0.25, 0.3) is 0 Å². The quantitative estimate of drug-likeness (QED) is 0.299. The molecular formula is C17H25F4IN4. The van der Waals surface area contributed by atoms with E-state index in [4.69, 9.17) is 0 Å². The van der Waals surface area contributed by atoms with E-state index in [9.17, 15) is 17.6 Å². The second-order valence-electron chi connectivity index (χ2n) is 6.42. The number of halogens is 5. The molecule has 1 N–H and O–H groups in total. The average molecular weight is 488 g/mol. The SMILES string of the molecule is CN=C(NCC1CCN(CC(F)(F)F)C1)N(C)Cc1ccc(F)cc1.I. The number of hydrogen-bond acceptors (Lipinski definition) is 2. The van der Waals surface area contributed by atoms with E-state index < -0.39 is 12.7 Å². The van der Waals surface area contributed by atoms with Crippen LogP contribution >= 0.6 is 24.0 Å². The Balaban J connectivity index is 0.00000338. The van der Waals surface area contributed by atoms with Gasteiger partial charge in [-0.05, 0) is 36.6 Å². The van der Waals surface area contributed by atoms with Crippen LogP contribution in [0.3, 0.4) is 0 Å². The van der Waals surface area contributed by atoms with Gasteiger partial charge in [-0.1, -0.05) is 12.1 Å². The zero-order chi connectivity index (χ0) is 18.4. The smallest absolute Gasteiger partial charge is 0.356 e. The van der Waals surface area contributed by atoms with Crippen molar-refractivity contribution in [3.8, 4) is 0 Å². The highest BCUT2D eigenvalue weighted by atomic mass is 127. The third-order valence-electron chi connectivity index (χ3n) is 4.23. The molecule has 0 saturated carbocycles. The molecule has 0 spiro atoms. The molecule has 0 aromatic heterocycles. The summed E-state index contributed by atoms with van der Waals surface area (Å²) >= 11 is 0. The van der Waals surface area contributed by atoms with Crippen molar-refractivity contribution in [2.75, 3.05) is 40.3 Å². The number of likely N-dealkylation sites (tertiary alicyclic amines) is 1. The normalized spacial score (nSPS) is 18.5. The Morgan fingerprint density at radius 1 is 1.31 bits per heavy atom. The molecule has 0 radical (unpaired) electrons. The first-order valence-electron chi connectivity index (χ1n) is 8.22. The molecule has 1 aliphatic heterocycles. The van der Waals surface area contributed by atoms with Crippen LogP contribution in [0, 0.1) is 11.7 Å². The van der Waals surface area contributed by atoms with Crippen molar-refractivity contribution in [1.29, 1.82) is 0 Å². The monoisotopic (exact) mass is 488 g/mol. The molecule has 1 aliphatic rings. The van der Waals surface area contributed by atoms with Crippen LogP contribution in [-0.2, 0) is 6.54 Å². The van der Waals surface area contributed by atoms with Crippen molar-refractivity contribution in [3.63, 3.8) is 0 Å². The molecule has 0 amide bonds. The molecule has 1 aromatic carbocycles. The number of benzene rings is 1. The Bertz CT molecular complexity index is 577. The van der Waals surface area contributed by atoms with Crippen molar-refractivity contribution < 1.29 is 17.6 Å². The van der Waals surface area contributed by atoms with Gasteiger partial charge in [-0.25, -0.2) is 4.39 Å². The Labute approximate surface area is 168 Å². The number of hydrogen-bond donors (Lipinski definition) is 1. The van der Waals surface area contributed by atoms with Crippen LogP contribution in [-0.4, -0.2) is 62.2 Å². The fourth-order valence-electron chi connectivity index (χ4n) is 3.04. The van der Waals surface area contributed by atoms with Crippen molar-refractivity contribution in [2.45, 2.75) is 19.1 Å². The van der Waals surface area contributed by atoms with Crippen LogP contribution in [0.15, 0.2) is 29.3 Å². The van der Waals surface area contributed by atoms with Crippen LogP contribution in [0.5, 0.6) is 0 Å². The molecule has 2 rings (SSSR count). The molecule has 148 valence electrons. The third kappa shape index (κ3) is 7.65. The van der Waals surface area contributed by atoms with Gasteiger partial charge in [-0.2, -0.15) is 13.2 Å². The number of guanidine groups is 1. The Kier molecular flexibility index (Phi) is 9.08. The standard InChI is InChI=1S/C17H24F4N4.HI/c1-22-16(24(2)10-13-3-5-15(18)6-4-13)23-9-14-7-8-25(11-14)12-17(19,20)21;/h3-6,14H,7-12H2,1-2H3,(H,22,23);1H. The lowest BCUT2D eigenvalue weighted by Gasteiger charge is -2.24. The summed E-state index contributed by atoms with van der Waals surface area (Å²) in [6.45, 7) is 1.20. The molecule has 1 heterocycles. The number of nitrogens with zero attached hydrogens (tertiary/aromatic N) is 3. The van der Waals surface area contributed by atoms with Crippen LogP contribution in [0.1, 0.15) is 12.0 Å². The summed E-state index contributed by atoms with van der Waals surface area (Å²) in [5.74, 6) is 0.551. The number of aliphatic imine (C=N–C) groups is 1. The minimum absolute atomic E-state index is 0. The first kappa shape index (κ1) is 22.9. The predicted molar refractivity (Wildman–Crippen MR) is 105 cm³/mol. The van der Waals surface area contributed by atoms with E-state index in [1.807, 2.05) is 11.9 Å². The minimum atomic E-state index is -4.15. The van der Waals surface area contributed by atoms with Crippen LogP contribution in [0.4, 0.5) is 17.6 Å². The molecule has 1 atom stereocenters. The first-order chi connectivity index (χ1) is 11.8. The van der Waals surface area contributed by atoms with Gasteiger partial charge in [0, 0.05) is 33.7 Å². The predicted octanol–water partition coefficient (Wildman–Crippen LogP) is 3.34. The molecule has 9 heteroatoms. The molecule has 1 aromatic rings. The zero-order valence-electron chi connectivity index (χ0n) is 14.9. The van der Waals surface area contributed by atoms with Gasteiger partial charge in [-0.15, -0.1) is 24.0 Å². The fraction of sp³-hybridized carbons (Fsp3) is 0.588. The Hall–Kier alpha value is -1.10. The van der Waals surface area contributed by atoms with Gasteiger partial charge < -0.3 is 10.2 Å². The topological polar surface area (TPSA) is 30.9 Å². The van der Waals surface area contributed by atoms with Gasteiger partial charge in [0.1, 0.15) is 5.82 Å². The van der Waals surface area contributed by atoms with Gasteiger partial charge >= 0.3 is 6.18 Å². The van der Waals surface area contributed by atoms with Gasteiger partial charge in [0.15, 0.2) is 5.96 Å². The van der Waals surface area contributed by atoms with Gasteiger partial charge in [-0.3, -0.25) is 9.89 Å². The van der Waals surface area contributed by atoms with Crippen molar-refractivity contribution in [3.05, 3.63) is 35.6 Å². The minimum Gasteiger partial charge on any atom is -0.356 e. The Morgan fingerprint density at radius 2 is 1.96 bits per heavy atom. The van der Waals surface area contributed by atoms with E-state index in [0.29, 0.717) is 32.1 Å². The van der Waals surface area contributed by atoms with Crippen molar-refractivity contribution in [2.24, 2.45) is 10.9 Å². The van der Waals surface area contributed by atoms with E-state index in [2.05, 4.69) is 10.3 Å².